The number of hydrogen-bond donors (Lipinski definition) is 2. The van der Waals surface area contributed by atoms with Gasteiger partial charge in [0.25, 0.3) is 0 Å². The van der Waals surface area contributed by atoms with Crippen LogP contribution in [0.2, 0.25) is 0 Å². The Morgan fingerprint density at radius 3 is 2.57 bits per heavy atom. The van der Waals surface area contributed by atoms with Crippen molar-refractivity contribution in [3.05, 3.63) is 18.2 Å². The molecular formula is C17H24IN3O2. The van der Waals surface area contributed by atoms with E-state index in [0.29, 0.717) is 19.0 Å². The van der Waals surface area contributed by atoms with Gasteiger partial charge in [0.15, 0.2) is 17.5 Å². The van der Waals surface area contributed by atoms with Crippen molar-refractivity contribution in [3.8, 4) is 23.8 Å². The molecule has 0 fully saturated rings. The Hall–Kier alpha value is -1.62. The molecule has 6 heteroatoms. The highest BCUT2D eigenvalue weighted by molar-refractivity contribution is 14.0. The largest absolute Gasteiger partial charge is 0.490 e. The Morgan fingerprint density at radius 2 is 1.96 bits per heavy atom. The van der Waals surface area contributed by atoms with Crippen molar-refractivity contribution >= 4 is 35.6 Å². The van der Waals surface area contributed by atoms with Crippen molar-refractivity contribution in [2.45, 2.75) is 33.2 Å². The molecule has 0 radical (unpaired) electrons. The second kappa shape index (κ2) is 8.29. The minimum atomic E-state index is -0.291. The van der Waals surface area contributed by atoms with E-state index in [1.807, 2.05) is 39.0 Å². The zero-order chi connectivity index (χ0) is 16.2. The van der Waals surface area contributed by atoms with Crippen LogP contribution in [0.5, 0.6) is 11.5 Å². The molecule has 5 nitrogen and oxygen atoms in total. The van der Waals surface area contributed by atoms with E-state index in [-0.39, 0.29) is 41.4 Å². The molecular weight excluding hydrogens is 405 g/mol. The van der Waals surface area contributed by atoms with E-state index in [0.717, 1.165) is 17.9 Å². The maximum absolute atomic E-state index is 5.96. The van der Waals surface area contributed by atoms with Gasteiger partial charge in [0.05, 0.1) is 13.2 Å². The second-order valence-corrected chi connectivity index (χ2v) is 6.29. The Kier molecular flexibility index (Phi) is 7.01. The van der Waals surface area contributed by atoms with E-state index in [9.17, 15) is 0 Å². The first-order valence-electron chi connectivity index (χ1n) is 7.36. The minimum Gasteiger partial charge on any atom is -0.490 e. The molecule has 1 aliphatic heterocycles. The molecule has 1 unspecified atom stereocenters. The van der Waals surface area contributed by atoms with Crippen LogP contribution in [0.1, 0.15) is 27.2 Å². The van der Waals surface area contributed by atoms with Gasteiger partial charge in [0, 0.05) is 18.2 Å². The van der Waals surface area contributed by atoms with Crippen molar-refractivity contribution in [1.29, 1.82) is 0 Å². The molecule has 2 rings (SSSR count). The highest BCUT2D eigenvalue weighted by Gasteiger charge is 2.22. The van der Waals surface area contributed by atoms with Gasteiger partial charge in [0.2, 0.25) is 0 Å². The Labute approximate surface area is 155 Å². The number of nitrogens with zero attached hydrogens (tertiary/aromatic N) is 1. The van der Waals surface area contributed by atoms with Crippen LogP contribution in [0.15, 0.2) is 23.2 Å². The molecule has 1 aliphatic rings. The Bertz CT molecular complexity index is 603. The zero-order valence-electron chi connectivity index (χ0n) is 13.8. The number of halogens is 1. The first kappa shape index (κ1) is 19.4. The van der Waals surface area contributed by atoms with Crippen LogP contribution in [0.3, 0.4) is 0 Å². The number of hydrogen-bond acceptors (Lipinski definition) is 3. The first-order chi connectivity index (χ1) is 10.4. The molecule has 1 atom stereocenters. The van der Waals surface area contributed by atoms with Gasteiger partial charge in [0.1, 0.15) is 6.04 Å². The summed E-state index contributed by atoms with van der Waals surface area (Å²) in [6.07, 6.45) is 6.40. The first-order valence-corrected chi connectivity index (χ1v) is 7.36. The van der Waals surface area contributed by atoms with Crippen LogP contribution in [-0.2, 0) is 0 Å². The van der Waals surface area contributed by atoms with Crippen LogP contribution in [0.4, 0.5) is 5.69 Å². The number of rotatable bonds is 2. The van der Waals surface area contributed by atoms with Gasteiger partial charge < -0.3 is 20.5 Å². The average molecular weight is 429 g/mol. The summed E-state index contributed by atoms with van der Waals surface area (Å²) in [6.45, 7) is 7.40. The summed E-state index contributed by atoms with van der Waals surface area (Å²) >= 11 is 0. The number of terminal acetylenes is 1. The molecule has 0 aromatic heterocycles. The molecule has 0 bridgehead atoms. The van der Waals surface area contributed by atoms with Crippen molar-refractivity contribution in [2.75, 3.05) is 18.5 Å². The lowest BCUT2D eigenvalue weighted by Crippen LogP contribution is -2.30. The molecule has 1 aromatic carbocycles. The summed E-state index contributed by atoms with van der Waals surface area (Å²) in [5.74, 6) is 4.40. The van der Waals surface area contributed by atoms with Crippen molar-refractivity contribution in [3.63, 3.8) is 0 Å². The molecule has 3 N–H and O–H groups in total. The smallest absolute Gasteiger partial charge is 0.194 e. The number of nitrogens with one attached hydrogen (secondary N) is 1. The zero-order valence-corrected chi connectivity index (χ0v) is 16.1. The number of aliphatic imine (C=N–C) groups is 1. The SMILES string of the molecule is C#CC(N=C(N)Nc1ccc2c(c1)OCCCO2)C(C)(C)C.I. The van der Waals surface area contributed by atoms with E-state index < -0.39 is 0 Å². The molecule has 1 heterocycles. The summed E-state index contributed by atoms with van der Waals surface area (Å²) in [7, 11) is 0. The maximum atomic E-state index is 5.96. The number of anilines is 1. The molecule has 1 aromatic rings. The molecule has 0 amide bonds. The van der Waals surface area contributed by atoms with Crippen molar-refractivity contribution in [1.82, 2.24) is 0 Å². The van der Waals surface area contributed by atoms with Gasteiger partial charge in [-0.15, -0.1) is 30.4 Å². The number of guanidine groups is 1. The number of nitrogens with two attached hydrogens (primary N) is 1. The van der Waals surface area contributed by atoms with Gasteiger partial charge in [-0.2, -0.15) is 0 Å². The lowest BCUT2D eigenvalue weighted by molar-refractivity contribution is 0.297. The van der Waals surface area contributed by atoms with Crippen molar-refractivity contribution in [2.24, 2.45) is 16.1 Å². The molecule has 0 aliphatic carbocycles. The fourth-order valence-electron chi connectivity index (χ4n) is 2.04. The normalized spacial score (nSPS) is 15.7. The van der Waals surface area contributed by atoms with E-state index in [1.54, 1.807) is 0 Å². The average Bonchev–Trinajstić information content (AvgIpc) is 2.68. The lowest BCUT2D eigenvalue weighted by Gasteiger charge is -2.23. The Balaban J connectivity index is 0.00000264. The summed E-state index contributed by atoms with van der Waals surface area (Å²) in [6, 6.07) is 5.29. The van der Waals surface area contributed by atoms with E-state index >= 15 is 0 Å². The molecule has 126 valence electrons. The van der Waals surface area contributed by atoms with Crippen LogP contribution < -0.4 is 20.5 Å². The van der Waals surface area contributed by atoms with Crippen LogP contribution >= 0.6 is 24.0 Å². The number of benzene rings is 1. The lowest BCUT2D eigenvalue weighted by atomic mass is 9.88. The van der Waals surface area contributed by atoms with Crippen LogP contribution in [-0.4, -0.2) is 25.2 Å². The minimum absolute atomic E-state index is 0. The number of ether oxygens (including phenoxy) is 2. The molecule has 0 spiro atoms. The summed E-state index contributed by atoms with van der Waals surface area (Å²) in [4.78, 5) is 4.37. The van der Waals surface area contributed by atoms with Gasteiger partial charge in [-0.1, -0.05) is 26.7 Å². The maximum Gasteiger partial charge on any atom is 0.194 e. The van der Waals surface area contributed by atoms with Gasteiger partial charge in [-0.05, 0) is 17.5 Å². The third kappa shape index (κ3) is 5.50. The van der Waals surface area contributed by atoms with Gasteiger partial charge in [-0.3, -0.25) is 0 Å². The fraction of sp³-hybridized carbons (Fsp3) is 0.471. The summed E-state index contributed by atoms with van der Waals surface area (Å²) in [5, 5.41) is 3.05. The Morgan fingerprint density at radius 1 is 1.30 bits per heavy atom. The highest BCUT2D eigenvalue weighted by Crippen LogP contribution is 2.32. The van der Waals surface area contributed by atoms with Crippen LogP contribution in [0.25, 0.3) is 0 Å². The third-order valence-electron chi connectivity index (χ3n) is 3.27. The second-order valence-electron chi connectivity index (χ2n) is 6.29. The van der Waals surface area contributed by atoms with Gasteiger partial charge in [-0.25, -0.2) is 4.99 Å². The molecule has 23 heavy (non-hydrogen) atoms. The van der Waals surface area contributed by atoms with Crippen molar-refractivity contribution < 1.29 is 9.47 Å². The summed E-state index contributed by atoms with van der Waals surface area (Å²) < 4.78 is 11.2. The quantitative estimate of drug-likeness (QED) is 0.328. The predicted octanol–water partition coefficient (Wildman–Crippen LogP) is 3.24. The standard InChI is InChI=1S/C17H23N3O2.HI/c1-5-15(17(2,3)4)20-16(18)19-12-7-8-13-14(11-12)22-10-6-9-21-13;/h1,7-8,11,15H,6,9-10H2,2-4H3,(H3,18,19,20);1H. The number of fused-ring (bicyclic) bond motifs is 1. The van der Waals surface area contributed by atoms with E-state index in [1.165, 1.54) is 0 Å². The molecule has 0 saturated heterocycles. The monoisotopic (exact) mass is 429 g/mol. The van der Waals surface area contributed by atoms with Gasteiger partial charge >= 0.3 is 0 Å². The van der Waals surface area contributed by atoms with E-state index in [4.69, 9.17) is 21.6 Å². The van der Waals surface area contributed by atoms with E-state index in [2.05, 4.69) is 16.2 Å². The highest BCUT2D eigenvalue weighted by atomic mass is 127. The van der Waals surface area contributed by atoms with Crippen LogP contribution in [0, 0.1) is 17.8 Å². The predicted molar refractivity (Wildman–Crippen MR) is 105 cm³/mol. The third-order valence-corrected chi connectivity index (χ3v) is 3.27. The summed E-state index contributed by atoms with van der Waals surface area (Å²) in [5.41, 5.74) is 6.60. The fourth-order valence-corrected chi connectivity index (χ4v) is 2.04. The molecule has 0 saturated carbocycles. The topological polar surface area (TPSA) is 68.9 Å².